The van der Waals surface area contributed by atoms with Crippen LogP contribution in [0.15, 0.2) is 113 Å². The van der Waals surface area contributed by atoms with Crippen molar-refractivity contribution in [3.05, 3.63) is 187 Å². The van der Waals surface area contributed by atoms with E-state index in [1.807, 2.05) is 58.0 Å². The minimum atomic E-state index is -1.25. The van der Waals surface area contributed by atoms with Gasteiger partial charge < -0.3 is 53.5 Å². The Kier molecular flexibility index (Phi) is 21.5. The number of fused-ring (bicyclic) bond motifs is 10. The number of halogens is 6. The van der Waals surface area contributed by atoms with Crippen LogP contribution in [0.25, 0.3) is 55.4 Å². The summed E-state index contributed by atoms with van der Waals surface area (Å²) >= 11 is 0. The van der Waals surface area contributed by atoms with E-state index in [4.69, 9.17) is 23.7 Å². The average Bonchev–Trinajstić information content (AvgIpc) is 0.697. The van der Waals surface area contributed by atoms with Crippen molar-refractivity contribution in [3.63, 3.8) is 0 Å². The Bertz CT molecular complexity index is 5620. The van der Waals surface area contributed by atoms with Gasteiger partial charge in [0.25, 0.3) is 22.9 Å². The molecular formula is C86H92F6N12O12. The molecule has 4 aromatic heterocycles. The number of anilines is 4. The zero-order valence-corrected chi connectivity index (χ0v) is 67.4. The summed E-state index contributed by atoms with van der Waals surface area (Å²) in [6, 6.07) is 17.7. The molecule has 116 heavy (non-hydrogen) atoms. The van der Waals surface area contributed by atoms with E-state index in [-0.39, 0.29) is 125 Å². The number of nitrogens with zero attached hydrogens (tertiary/aromatic N) is 11. The van der Waals surface area contributed by atoms with Crippen LogP contribution in [-0.4, -0.2) is 178 Å². The number of rotatable bonds is 12. The number of aromatic nitrogens is 4. The largest absolute Gasteiger partial charge is 0.496 e. The minimum absolute atomic E-state index is 0.000633. The van der Waals surface area contributed by atoms with Crippen LogP contribution in [-0.2, 0) is 30.4 Å². The molecule has 4 fully saturated rings. The lowest BCUT2D eigenvalue weighted by Crippen LogP contribution is -2.72. The van der Waals surface area contributed by atoms with Gasteiger partial charge in [-0.15, -0.1) is 0 Å². The van der Waals surface area contributed by atoms with Gasteiger partial charge in [0.2, 0.25) is 0 Å². The first kappa shape index (κ1) is 80.9. The molecule has 9 aromatic rings. The Hall–Kier alpha value is -11.7. The van der Waals surface area contributed by atoms with Crippen LogP contribution in [0.3, 0.4) is 0 Å². The van der Waals surface area contributed by atoms with E-state index in [1.165, 1.54) is 67.6 Å². The van der Waals surface area contributed by atoms with Crippen molar-refractivity contribution < 1.29 is 74.0 Å². The number of nitrogens with one attached hydrogen (secondary N) is 1. The fraction of sp³-hybridized carbons (Fsp3) is 0.407. The second-order valence-electron chi connectivity index (χ2n) is 32.9. The average molecular weight is 1600 g/mol. The molecule has 30 heteroatoms. The van der Waals surface area contributed by atoms with Crippen LogP contribution in [0.2, 0.25) is 0 Å². The van der Waals surface area contributed by atoms with Gasteiger partial charge >= 0.3 is 18.3 Å². The maximum absolute atomic E-state index is 18.0. The van der Waals surface area contributed by atoms with Crippen LogP contribution in [0.1, 0.15) is 123 Å². The van der Waals surface area contributed by atoms with Crippen molar-refractivity contribution in [2.45, 2.75) is 163 Å². The third-order valence-corrected chi connectivity index (χ3v) is 22.0. The molecule has 6 aliphatic rings. The molecular weight excluding hydrogens is 1510 g/mol. The number of aryl methyl sites for hydroxylation is 2. The number of benzene rings is 5. The number of ether oxygens (including phenoxy) is 5. The van der Waals surface area contributed by atoms with Gasteiger partial charge in [0.15, 0.2) is 11.6 Å². The van der Waals surface area contributed by atoms with Gasteiger partial charge in [-0.05, 0) is 146 Å². The van der Waals surface area contributed by atoms with Gasteiger partial charge in [0.1, 0.15) is 76.0 Å². The number of carbonyl (C=O) groups excluding carboxylic acids is 5. The van der Waals surface area contributed by atoms with Crippen molar-refractivity contribution in [3.8, 4) is 45.1 Å². The lowest BCUT2D eigenvalue weighted by Gasteiger charge is -2.53. The lowest BCUT2D eigenvalue weighted by atomic mass is 9.93. The molecule has 0 unspecified atom stereocenters. The maximum atomic E-state index is 18.0. The Labute approximate surface area is 666 Å². The summed E-state index contributed by atoms with van der Waals surface area (Å²) in [5.74, 6) is -8.33. The first-order chi connectivity index (χ1) is 55.0. The fourth-order valence-corrected chi connectivity index (χ4v) is 16.5. The molecule has 1 N–H and O–H groups in total. The number of carbonyl (C=O) groups is 5. The van der Waals surface area contributed by atoms with Crippen LogP contribution in [0, 0.1) is 48.8 Å². The summed E-state index contributed by atoms with van der Waals surface area (Å²) in [6.07, 6.45) is 1.26. The number of likely N-dealkylation sites (tertiary alicyclic amines) is 1. The summed E-state index contributed by atoms with van der Waals surface area (Å²) < 4.78 is 131. The Morgan fingerprint density at radius 1 is 0.500 bits per heavy atom. The van der Waals surface area contributed by atoms with Gasteiger partial charge in [-0.3, -0.25) is 48.1 Å². The number of hydrogen-bond donors (Lipinski definition) is 1. The number of piperazine rings is 2. The number of amides is 5. The van der Waals surface area contributed by atoms with E-state index >= 15 is 40.7 Å². The molecule has 6 aliphatic heterocycles. The highest BCUT2D eigenvalue weighted by Gasteiger charge is 2.54. The fourth-order valence-electron chi connectivity index (χ4n) is 16.5. The summed E-state index contributed by atoms with van der Waals surface area (Å²) in [5.41, 5.74) is -3.03. The van der Waals surface area contributed by atoms with E-state index in [9.17, 15) is 19.2 Å². The van der Waals surface area contributed by atoms with Gasteiger partial charge in [-0.1, -0.05) is 70.2 Å². The van der Waals surface area contributed by atoms with E-state index < -0.39 is 146 Å². The second-order valence-corrected chi connectivity index (χ2v) is 32.9. The lowest BCUT2D eigenvalue weighted by molar-refractivity contribution is -0.123. The van der Waals surface area contributed by atoms with Crippen LogP contribution in [0.5, 0.6) is 11.5 Å². The Balaban J connectivity index is 0.000000194. The molecule has 0 spiro atoms. The number of pyridine rings is 4. The van der Waals surface area contributed by atoms with E-state index in [0.717, 1.165) is 34.4 Å². The summed E-state index contributed by atoms with van der Waals surface area (Å²) in [5, 5.41) is 3.07. The zero-order chi connectivity index (χ0) is 83.5. The molecule has 15 rings (SSSR count). The summed E-state index contributed by atoms with van der Waals surface area (Å²) in [7, 11) is 2.53. The smallest absolute Gasteiger partial charge is 0.410 e. The molecule has 0 aliphatic carbocycles. The first-order valence-electron chi connectivity index (χ1n) is 38.6. The van der Waals surface area contributed by atoms with Crippen molar-refractivity contribution in [1.82, 2.24) is 39.1 Å². The highest BCUT2D eigenvalue weighted by atomic mass is 19.2. The standard InChI is InChI=1S/C47H49F3N6O7.C39H43F3N6O5/c1-25(2)38-39(26(3)17-18-51-38)56-40-30(19-32(49)36(37(40)50)35-31(48)15-12-16-34(35)61-8)41-42(44(56)58)55(29-21-52(22-29)45(59)62-24-28-13-10-9-11-14-28)43(57)33-23-53(27(4)20-54(33)41)46(60)63-47(5,6)7;1-19(2)31-32(20(3)12-13-44-31)48-33-23(14-25(41)29(30(33)42)28-24(40)10-9-11-27(28)52-8)34-35(37(48)50)47(22-15-43-16-22)36(49)26-18-45(21(4)17-46(26)34)38(51)53-39(5,6)7/h9-19,25,27,29,33H,20-24H2,1-8H3;9-14,19,21-22,26,43H,15-18H2,1-8H3/t27-,33-;21-,26-/m11/s1. The van der Waals surface area contributed by atoms with E-state index in [1.54, 1.807) is 104 Å². The SMILES string of the molecule is COc1cccc(F)c1-c1c(F)cc2c3c(c(=O)n(-c4c(C)ccnc4C(C)C)c2c1F)N(C1CN(C(=O)OCc2ccccc2)C1)C(=O)[C@H]1CN(C(=O)OC(C)(C)C)[C@H](C)CN31.COc1cccc(F)c1-c1c(F)cc2c3c(c(=O)n(-c4c(C)ccnc4C(C)C)c2c1F)N(C1CNC1)C(=O)[C@H]1CN(C(=O)OC(C)(C)C)[C@H](C)CN31. The summed E-state index contributed by atoms with van der Waals surface area (Å²) in [4.78, 5) is 121. The molecule has 4 saturated heterocycles. The van der Waals surface area contributed by atoms with E-state index in [2.05, 4.69) is 15.3 Å². The van der Waals surface area contributed by atoms with Crippen molar-refractivity contribution in [2.24, 2.45) is 0 Å². The van der Waals surface area contributed by atoms with Crippen molar-refractivity contribution in [2.75, 3.05) is 86.2 Å². The normalized spacial score (nSPS) is 18.3. The topological polar surface area (TPSA) is 236 Å². The maximum Gasteiger partial charge on any atom is 0.410 e. The third kappa shape index (κ3) is 14.1. The van der Waals surface area contributed by atoms with Gasteiger partial charge in [-0.2, -0.15) is 0 Å². The van der Waals surface area contributed by atoms with Crippen molar-refractivity contribution in [1.29, 1.82) is 0 Å². The molecule has 0 radical (unpaired) electrons. The van der Waals surface area contributed by atoms with Gasteiger partial charge in [0.05, 0.1) is 107 Å². The zero-order valence-electron chi connectivity index (χ0n) is 67.4. The van der Waals surface area contributed by atoms with Gasteiger partial charge in [-0.25, -0.2) is 40.7 Å². The van der Waals surface area contributed by atoms with Crippen LogP contribution < -0.4 is 45.5 Å². The Morgan fingerprint density at radius 2 is 0.914 bits per heavy atom. The predicted molar refractivity (Wildman–Crippen MR) is 427 cm³/mol. The quantitative estimate of drug-likeness (QED) is 0.0884. The molecule has 5 aromatic carbocycles. The van der Waals surface area contributed by atoms with Crippen LogP contribution in [0.4, 0.5) is 63.5 Å². The first-order valence-corrected chi connectivity index (χ1v) is 38.6. The van der Waals surface area contributed by atoms with Gasteiger partial charge in [0, 0.05) is 74.5 Å². The molecule has 10 heterocycles. The number of hydrogen-bond acceptors (Lipinski definition) is 17. The second kappa shape index (κ2) is 30.8. The Morgan fingerprint density at radius 3 is 1.29 bits per heavy atom. The van der Waals surface area contributed by atoms with E-state index in [0.29, 0.717) is 35.6 Å². The molecule has 610 valence electrons. The molecule has 0 saturated carbocycles. The van der Waals surface area contributed by atoms with Crippen LogP contribution >= 0.6 is 0 Å². The monoisotopic (exact) mass is 1600 g/mol. The summed E-state index contributed by atoms with van der Waals surface area (Å²) in [6.45, 7) is 25.3. The molecule has 0 bridgehead atoms. The highest BCUT2D eigenvalue weighted by Crippen LogP contribution is 2.51. The molecule has 24 nitrogen and oxygen atoms in total. The highest BCUT2D eigenvalue weighted by molar-refractivity contribution is 6.15. The number of methoxy groups -OCH3 is 2. The third-order valence-electron chi connectivity index (χ3n) is 22.0. The molecule has 4 atom stereocenters. The minimum Gasteiger partial charge on any atom is -0.496 e. The van der Waals surface area contributed by atoms with Crippen molar-refractivity contribution >= 4 is 74.6 Å². The molecule has 5 amide bonds. The predicted octanol–water partition coefficient (Wildman–Crippen LogP) is 14.1.